The number of aliphatic imine (C=N–C) groups is 1. The molecule has 1 aromatic carbocycles. The Bertz CT molecular complexity index is 666. The van der Waals surface area contributed by atoms with E-state index < -0.39 is 5.97 Å². The maximum absolute atomic E-state index is 11.9. The van der Waals surface area contributed by atoms with Crippen LogP contribution in [0.1, 0.15) is 40.2 Å². The zero-order chi connectivity index (χ0) is 17.2. The van der Waals surface area contributed by atoms with Crippen LogP contribution in [0.3, 0.4) is 0 Å². The highest BCUT2D eigenvalue weighted by molar-refractivity contribution is 6.08. The van der Waals surface area contributed by atoms with Crippen LogP contribution in [0.4, 0.5) is 0 Å². The molecule has 5 heteroatoms. The van der Waals surface area contributed by atoms with Crippen molar-refractivity contribution in [1.29, 1.82) is 0 Å². The lowest BCUT2D eigenvalue weighted by molar-refractivity contribution is -0.130. The van der Waals surface area contributed by atoms with Gasteiger partial charge >= 0.3 is 5.97 Å². The number of nitrogens with zero attached hydrogens (tertiary/aromatic N) is 1. The van der Waals surface area contributed by atoms with E-state index in [0.29, 0.717) is 17.4 Å². The minimum Gasteiger partial charge on any atom is -0.493 e. The largest absolute Gasteiger partial charge is 0.493 e. The monoisotopic (exact) mass is 317 g/mol. The quantitative estimate of drug-likeness (QED) is 0.625. The van der Waals surface area contributed by atoms with Crippen molar-refractivity contribution in [3.63, 3.8) is 0 Å². The molecule has 0 N–H and O–H groups in total. The van der Waals surface area contributed by atoms with Gasteiger partial charge in [-0.05, 0) is 37.6 Å². The van der Waals surface area contributed by atoms with Crippen molar-refractivity contribution in [2.75, 3.05) is 7.11 Å². The van der Waals surface area contributed by atoms with E-state index in [1.165, 1.54) is 0 Å². The lowest BCUT2D eigenvalue weighted by atomic mass is 9.97. The van der Waals surface area contributed by atoms with Gasteiger partial charge in [0.15, 0.2) is 17.2 Å². The van der Waals surface area contributed by atoms with Crippen LogP contribution >= 0.6 is 0 Å². The number of rotatable bonds is 4. The van der Waals surface area contributed by atoms with Gasteiger partial charge in [-0.15, -0.1) is 0 Å². The Labute approximate surface area is 137 Å². The first-order valence-corrected chi connectivity index (χ1v) is 7.58. The molecule has 0 aliphatic carbocycles. The molecule has 1 aliphatic rings. The van der Waals surface area contributed by atoms with Gasteiger partial charge in [-0.25, -0.2) is 9.79 Å². The van der Waals surface area contributed by atoms with Crippen LogP contribution in [0, 0.1) is 5.41 Å². The van der Waals surface area contributed by atoms with Gasteiger partial charge in [-0.2, -0.15) is 0 Å². The third-order valence-corrected chi connectivity index (χ3v) is 3.12. The fraction of sp³-hybridized carbons (Fsp3) is 0.444. The van der Waals surface area contributed by atoms with Gasteiger partial charge in [0.2, 0.25) is 5.90 Å². The molecule has 0 unspecified atom stereocenters. The van der Waals surface area contributed by atoms with Crippen LogP contribution in [0.5, 0.6) is 11.5 Å². The summed E-state index contributed by atoms with van der Waals surface area (Å²) in [4.78, 5) is 16.2. The molecule has 1 aromatic rings. The summed E-state index contributed by atoms with van der Waals surface area (Å²) in [5.41, 5.74) is 0.774. The Morgan fingerprint density at radius 2 is 1.91 bits per heavy atom. The van der Waals surface area contributed by atoms with Gasteiger partial charge in [0.25, 0.3) is 0 Å². The van der Waals surface area contributed by atoms with Gasteiger partial charge in [0.1, 0.15) is 0 Å². The van der Waals surface area contributed by atoms with Crippen molar-refractivity contribution >= 4 is 17.9 Å². The maximum Gasteiger partial charge on any atom is 0.363 e. The third kappa shape index (κ3) is 4.12. The molecule has 0 saturated carbocycles. The van der Waals surface area contributed by atoms with E-state index >= 15 is 0 Å². The number of hydrogen-bond acceptors (Lipinski definition) is 5. The second kappa shape index (κ2) is 6.44. The molecule has 23 heavy (non-hydrogen) atoms. The summed E-state index contributed by atoms with van der Waals surface area (Å²) < 4.78 is 16.3. The van der Waals surface area contributed by atoms with Gasteiger partial charge in [-0.3, -0.25) is 0 Å². The van der Waals surface area contributed by atoms with E-state index in [4.69, 9.17) is 14.2 Å². The maximum atomic E-state index is 11.9. The van der Waals surface area contributed by atoms with Gasteiger partial charge in [0.05, 0.1) is 13.2 Å². The number of ether oxygens (including phenoxy) is 3. The number of carbonyl (C=O) groups is 1. The lowest BCUT2D eigenvalue weighted by Crippen LogP contribution is -2.21. The minimum atomic E-state index is -0.434. The number of cyclic esters (lactones) is 1. The molecular formula is C18H23NO4. The summed E-state index contributed by atoms with van der Waals surface area (Å²) in [7, 11) is 1.58. The van der Waals surface area contributed by atoms with Crippen molar-refractivity contribution in [3.8, 4) is 11.5 Å². The van der Waals surface area contributed by atoms with E-state index in [0.717, 1.165) is 5.56 Å². The molecule has 0 saturated heterocycles. The fourth-order valence-electron chi connectivity index (χ4n) is 2.01. The number of methoxy groups -OCH3 is 1. The SMILES string of the molecule is COc1cc(/C=C2/N=C(C(C)(C)C)OC2=O)ccc1OC(C)C. The molecule has 2 rings (SSSR count). The van der Waals surface area contributed by atoms with E-state index in [1.54, 1.807) is 13.2 Å². The highest BCUT2D eigenvalue weighted by Crippen LogP contribution is 2.31. The molecule has 0 amide bonds. The average molecular weight is 317 g/mol. The fourth-order valence-corrected chi connectivity index (χ4v) is 2.01. The van der Waals surface area contributed by atoms with E-state index in [2.05, 4.69) is 4.99 Å². The first-order chi connectivity index (χ1) is 10.7. The van der Waals surface area contributed by atoms with Crippen molar-refractivity contribution in [2.24, 2.45) is 10.4 Å². The van der Waals surface area contributed by atoms with Crippen molar-refractivity contribution < 1.29 is 19.0 Å². The van der Waals surface area contributed by atoms with Crippen LogP contribution in [-0.2, 0) is 9.53 Å². The summed E-state index contributed by atoms with van der Waals surface area (Å²) in [6.45, 7) is 9.74. The number of benzene rings is 1. The molecule has 124 valence electrons. The predicted octanol–water partition coefficient (Wildman–Crippen LogP) is 3.82. The molecule has 0 spiro atoms. The second-order valence-electron chi connectivity index (χ2n) is 6.66. The Kier molecular flexibility index (Phi) is 4.78. The smallest absolute Gasteiger partial charge is 0.363 e. The molecule has 1 aliphatic heterocycles. The minimum absolute atomic E-state index is 0.0526. The predicted molar refractivity (Wildman–Crippen MR) is 89.7 cm³/mol. The second-order valence-corrected chi connectivity index (χ2v) is 6.66. The molecular weight excluding hydrogens is 294 g/mol. The van der Waals surface area contributed by atoms with Crippen molar-refractivity contribution in [2.45, 2.75) is 40.7 Å². The van der Waals surface area contributed by atoms with E-state index in [9.17, 15) is 4.79 Å². The first-order valence-electron chi connectivity index (χ1n) is 7.58. The van der Waals surface area contributed by atoms with Crippen LogP contribution in [0.2, 0.25) is 0 Å². The molecule has 0 atom stereocenters. The Balaban J connectivity index is 2.32. The molecule has 0 aromatic heterocycles. The van der Waals surface area contributed by atoms with Crippen LogP contribution in [0.15, 0.2) is 28.9 Å². The summed E-state index contributed by atoms with van der Waals surface area (Å²) in [5.74, 6) is 1.27. The normalized spacial score (nSPS) is 16.6. The van der Waals surface area contributed by atoms with Crippen molar-refractivity contribution in [1.82, 2.24) is 0 Å². The Morgan fingerprint density at radius 1 is 1.22 bits per heavy atom. The summed E-state index contributed by atoms with van der Waals surface area (Å²) >= 11 is 0. The summed E-state index contributed by atoms with van der Waals surface area (Å²) in [5, 5.41) is 0. The number of esters is 1. The molecule has 1 heterocycles. The third-order valence-electron chi connectivity index (χ3n) is 3.12. The lowest BCUT2D eigenvalue weighted by Gasteiger charge is -2.15. The summed E-state index contributed by atoms with van der Waals surface area (Å²) in [6.07, 6.45) is 1.74. The standard InChI is InChI=1S/C18H23NO4/c1-11(2)22-14-8-7-12(10-15(14)21-6)9-13-16(20)23-17(19-13)18(3,4)5/h7-11H,1-6H3/b13-9+. The van der Waals surface area contributed by atoms with E-state index in [1.807, 2.05) is 52.8 Å². The molecule has 5 nitrogen and oxygen atoms in total. The van der Waals surface area contributed by atoms with Gasteiger partial charge in [0, 0.05) is 5.41 Å². The zero-order valence-electron chi connectivity index (χ0n) is 14.5. The van der Waals surface area contributed by atoms with Gasteiger partial charge < -0.3 is 14.2 Å². The number of carbonyl (C=O) groups excluding carboxylic acids is 1. The molecule has 0 fully saturated rings. The highest BCUT2D eigenvalue weighted by atomic mass is 16.6. The zero-order valence-corrected chi connectivity index (χ0v) is 14.5. The average Bonchev–Trinajstić information content (AvgIpc) is 2.81. The van der Waals surface area contributed by atoms with Crippen molar-refractivity contribution in [3.05, 3.63) is 29.5 Å². The topological polar surface area (TPSA) is 57.1 Å². The molecule has 0 bridgehead atoms. The van der Waals surface area contributed by atoms with E-state index in [-0.39, 0.29) is 17.2 Å². The summed E-state index contributed by atoms with van der Waals surface area (Å²) in [6, 6.07) is 5.48. The molecule has 0 radical (unpaired) electrons. The Morgan fingerprint density at radius 3 is 2.43 bits per heavy atom. The number of hydrogen-bond donors (Lipinski definition) is 0. The van der Waals surface area contributed by atoms with Crippen LogP contribution in [0.25, 0.3) is 6.08 Å². The Hall–Kier alpha value is -2.30. The van der Waals surface area contributed by atoms with Gasteiger partial charge in [-0.1, -0.05) is 26.8 Å². The highest BCUT2D eigenvalue weighted by Gasteiger charge is 2.31. The van der Waals surface area contributed by atoms with Crippen LogP contribution < -0.4 is 9.47 Å². The van der Waals surface area contributed by atoms with Crippen LogP contribution in [-0.4, -0.2) is 25.1 Å². The first kappa shape index (κ1) is 17.1.